The number of rotatable bonds is 1. The second-order valence-corrected chi connectivity index (χ2v) is 7.46. The zero-order valence-electron chi connectivity index (χ0n) is 11.4. The fourth-order valence-corrected chi connectivity index (χ4v) is 3.63. The highest BCUT2D eigenvalue weighted by Crippen LogP contribution is 2.40. The van der Waals surface area contributed by atoms with E-state index in [9.17, 15) is 0 Å². The summed E-state index contributed by atoms with van der Waals surface area (Å²) in [5.41, 5.74) is 10.5. The van der Waals surface area contributed by atoms with Crippen LogP contribution in [0.2, 0.25) is 0 Å². The molecular weight excluding hydrogens is 347 g/mol. The number of nitrogens with zero attached hydrogens (tertiary/aromatic N) is 1. The van der Waals surface area contributed by atoms with Crippen LogP contribution in [0.5, 0.6) is 0 Å². The molecule has 3 heteroatoms. The highest BCUT2D eigenvalue weighted by Gasteiger charge is 2.32. The van der Waals surface area contributed by atoms with E-state index in [1.807, 2.05) is 0 Å². The zero-order valence-corrected chi connectivity index (χ0v) is 13.5. The molecule has 0 spiro atoms. The smallest absolute Gasteiger partial charge is 0.0462 e. The third-order valence-corrected chi connectivity index (χ3v) is 4.60. The molecule has 0 saturated heterocycles. The highest BCUT2D eigenvalue weighted by molar-refractivity contribution is 14.1. The molecule has 0 amide bonds. The second-order valence-electron chi connectivity index (χ2n) is 6.22. The molecular formula is C16H19IN2. The molecule has 2 aromatic rings. The van der Waals surface area contributed by atoms with E-state index < -0.39 is 0 Å². The first-order valence-electron chi connectivity index (χ1n) is 6.68. The first kappa shape index (κ1) is 13.2. The monoisotopic (exact) mass is 366 g/mol. The molecule has 0 aliphatic heterocycles. The maximum Gasteiger partial charge on any atom is 0.0462 e. The summed E-state index contributed by atoms with van der Waals surface area (Å²) in [6, 6.07) is 11.0. The van der Waals surface area contributed by atoms with Crippen LogP contribution in [-0.4, -0.2) is 4.57 Å². The Kier molecular flexibility index (Phi) is 3.21. The zero-order chi connectivity index (χ0) is 13.6. The molecule has 0 radical (unpaired) electrons. The van der Waals surface area contributed by atoms with Crippen LogP contribution in [0.15, 0.2) is 36.5 Å². The van der Waals surface area contributed by atoms with Gasteiger partial charge >= 0.3 is 0 Å². The number of hydrogen-bond acceptors (Lipinski definition) is 1. The Labute approximate surface area is 128 Å². The summed E-state index contributed by atoms with van der Waals surface area (Å²) in [5, 5.41) is 0. The van der Waals surface area contributed by atoms with Crippen molar-refractivity contribution in [2.75, 3.05) is 0 Å². The third kappa shape index (κ3) is 2.46. The number of aromatic nitrogens is 1. The minimum Gasteiger partial charge on any atom is -0.324 e. The molecule has 1 aliphatic carbocycles. The summed E-state index contributed by atoms with van der Waals surface area (Å²) in [7, 11) is 0. The fourth-order valence-electron chi connectivity index (χ4n) is 3.10. The van der Waals surface area contributed by atoms with Gasteiger partial charge in [-0.15, -0.1) is 0 Å². The normalized spacial score (nSPS) is 21.2. The van der Waals surface area contributed by atoms with Gasteiger partial charge in [0.2, 0.25) is 0 Å². The standard InChI is InChI=1S/C16H19IN2/c1-16(2)9-14(18)13-6-7-19(15(13)10-16)12-5-3-4-11(17)8-12/h3-8,14H,9-10,18H2,1-2H3. The topological polar surface area (TPSA) is 30.9 Å². The summed E-state index contributed by atoms with van der Waals surface area (Å²) >= 11 is 2.36. The maximum atomic E-state index is 6.33. The molecule has 1 atom stereocenters. The van der Waals surface area contributed by atoms with Gasteiger partial charge in [-0.25, -0.2) is 0 Å². The molecule has 0 bridgehead atoms. The molecule has 2 N–H and O–H groups in total. The number of hydrogen-bond donors (Lipinski definition) is 1. The summed E-state index contributed by atoms with van der Waals surface area (Å²) in [6.45, 7) is 4.61. The summed E-state index contributed by atoms with van der Waals surface area (Å²) < 4.78 is 3.56. The molecule has 0 saturated carbocycles. The van der Waals surface area contributed by atoms with Gasteiger partial charge in [-0.2, -0.15) is 0 Å². The predicted molar refractivity (Wildman–Crippen MR) is 87.5 cm³/mol. The summed E-state index contributed by atoms with van der Waals surface area (Å²) in [4.78, 5) is 0. The number of nitrogens with two attached hydrogens (primary N) is 1. The van der Waals surface area contributed by atoms with Crippen molar-refractivity contribution in [1.82, 2.24) is 4.57 Å². The number of fused-ring (bicyclic) bond motifs is 1. The number of benzene rings is 1. The van der Waals surface area contributed by atoms with Gasteiger partial charge in [0.05, 0.1) is 0 Å². The van der Waals surface area contributed by atoms with Crippen LogP contribution in [0.25, 0.3) is 5.69 Å². The van der Waals surface area contributed by atoms with E-state index in [2.05, 4.69) is 77.5 Å². The van der Waals surface area contributed by atoms with Crippen molar-refractivity contribution in [1.29, 1.82) is 0 Å². The van der Waals surface area contributed by atoms with Crippen molar-refractivity contribution in [3.63, 3.8) is 0 Å². The van der Waals surface area contributed by atoms with Gasteiger partial charge in [0, 0.05) is 27.2 Å². The lowest BCUT2D eigenvalue weighted by atomic mass is 9.74. The van der Waals surface area contributed by atoms with Crippen molar-refractivity contribution in [2.24, 2.45) is 11.1 Å². The van der Waals surface area contributed by atoms with Crippen molar-refractivity contribution in [3.05, 3.63) is 51.4 Å². The van der Waals surface area contributed by atoms with Crippen LogP contribution >= 0.6 is 22.6 Å². The minimum absolute atomic E-state index is 0.169. The Morgan fingerprint density at radius 3 is 2.84 bits per heavy atom. The lowest BCUT2D eigenvalue weighted by Gasteiger charge is -2.34. The average Bonchev–Trinajstić information content (AvgIpc) is 2.71. The lowest BCUT2D eigenvalue weighted by Crippen LogP contribution is -2.30. The van der Waals surface area contributed by atoms with Crippen molar-refractivity contribution < 1.29 is 0 Å². The van der Waals surface area contributed by atoms with Crippen LogP contribution in [0.4, 0.5) is 0 Å². The Balaban J connectivity index is 2.11. The van der Waals surface area contributed by atoms with Gasteiger partial charge in [0.1, 0.15) is 0 Å². The van der Waals surface area contributed by atoms with Gasteiger partial charge in [-0.05, 0) is 70.7 Å². The van der Waals surface area contributed by atoms with Crippen molar-refractivity contribution >= 4 is 22.6 Å². The van der Waals surface area contributed by atoms with Gasteiger partial charge < -0.3 is 10.3 Å². The fraction of sp³-hybridized carbons (Fsp3) is 0.375. The number of halogens is 1. The van der Waals surface area contributed by atoms with E-state index in [4.69, 9.17) is 5.73 Å². The van der Waals surface area contributed by atoms with Gasteiger partial charge in [0.15, 0.2) is 0 Å². The Hall–Kier alpha value is -0.810. The van der Waals surface area contributed by atoms with E-state index in [0.29, 0.717) is 0 Å². The van der Waals surface area contributed by atoms with E-state index in [1.54, 1.807) is 0 Å². The highest BCUT2D eigenvalue weighted by atomic mass is 127. The van der Waals surface area contributed by atoms with Crippen LogP contribution in [0, 0.1) is 8.99 Å². The van der Waals surface area contributed by atoms with E-state index in [0.717, 1.165) is 12.8 Å². The molecule has 3 rings (SSSR count). The SMILES string of the molecule is CC1(C)Cc2c(ccn2-c2cccc(I)c2)C(N)C1. The summed E-state index contributed by atoms with van der Waals surface area (Å²) in [6.07, 6.45) is 4.32. The second kappa shape index (κ2) is 4.63. The third-order valence-electron chi connectivity index (χ3n) is 3.93. The minimum atomic E-state index is 0.169. The van der Waals surface area contributed by atoms with Crippen LogP contribution in [-0.2, 0) is 6.42 Å². The molecule has 19 heavy (non-hydrogen) atoms. The Morgan fingerprint density at radius 2 is 2.11 bits per heavy atom. The van der Waals surface area contributed by atoms with Gasteiger partial charge in [-0.1, -0.05) is 19.9 Å². The van der Waals surface area contributed by atoms with E-state index in [1.165, 1.54) is 20.5 Å². The van der Waals surface area contributed by atoms with Crippen LogP contribution in [0.1, 0.15) is 37.6 Å². The van der Waals surface area contributed by atoms with E-state index in [-0.39, 0.29) is 11.5 Å². The quantitative estimate of drug-likeness (QED) is 0.759. The molecule has 1 unspecified atom stereocenters. The van der Waals surface area contributed by atoms with Crippen molar-refractivity contribution in [3.8, 4) is 5.69 Å². The Bertz CT molecular complexity index is 613. The van der Waals surface area contributed by atoms with Crippen LogP contribution < -0.4 is 5.73 Å². The van der Waals surface area contributed by atoms with Crippen molar-refractivity contribution in [2.45, 2.75) is 32.7 Å². The molecule has 2 nitrogen and oxygen atoms in total. The van der Waals surface area contributed by atoms with Crippen LogP contribution in [0.3, 0.4) is 0 Å². The molecule has 1 aromatic heterocycles. The molecule has 1 aliphatic rings. The van der Waals surface area contributed by atoms with E-state index >= 15 is 0 Å². The average molecular weight is 366 g/mol. The Morgan fingerprint density at radius 1 is 1.32 bits per heavy atom. The lowest BCUT2D eigenvalue weighted by molar-refractivity contribution is 0.278. The summed E-state index contributed by atoms with van der Waals surface area (Å²) in [5.74, 6) is 0. The first-order chi connectivity index (χ1) is 8.96. The molecule has 0 fully saturated rings. The van der Waals surface area contributed by atoms with Gasteiger partial charge in [0.25, 0.3) is 0 Å². The largest absolute Gasteiger partial charge is 0.324 e. The molecule has 100 valence electrons. The first-order valence-corrected chi connectivity index (χ1v) is 7.76. The predicted octanol–water partition coefficient (Wildman–Crippen LogP) is 4.05. The van der Waals surface area contributed by atoms with Gasteiger partial charge in [-0.3, -0.25) is 0 Å². The molecule has 1 heterocycles. The maximum absolute atomic E-state index is 6.33. The molecule has 1 aromatic carbocycles.